The average molecular weight is 368 g/mol. The maximum atomic E-state index is 13.0. The molecule has 0 spiro atoms. The molecule has 0 aliphatic carbocycles. The Morgan fingerprint density at radius 1 is 1.21 bits per heavy atom. The van der Waals surface area contributed by atoms with E-state index in [4.69, 9.17) is 0 Å². The minimum absolute atomic E-state index is 0.404. The van der Waals surface area contributed by atoms with Crippen LogP contribution in [-0.2, 0) is 6.18 Å². The largest absolute Gasteiger partial charge is 0.417 e. The fourth-order valence-corrected chi connectivity index (χ4v) is 3.72. The van der Waals surface area contributed by atoms with E-state index in [1.165, 1.54) is 35.2 Å². The quantitative estimate of drug-likeness (QED) is 0.639. The molecule has 3 rings (SSSR count). The molecule has 1 N–H and O–H groups in total. The van der Waals surface area contributed by atoms with Crippen molar-refractivity contribution >= 4 is 44.9 Å². The predicted octanol–water partition coefficient (Wildman–Crippen LogP) is 5.29. The van der Waals surface area contributed by atoms with Crippen molar-refractivity contribution in [3.63, 3.8) is 0 Å². The smallest absolute Gasteiger partial charge is 0.322 e. The number of thiazole rings is 1. The lowest BCUT2D eigenvalue weighted by atomic mass is 10.1. The van der Waals surface area contributed by atoms with Crippen LogP contribution in [-0.4, -0.2) is 17.1 Å². The number of hydrogen-bond donors (Lipinski definition) is 1. The fourth-order valence-electron chi connectivity index (χ4n) is 2.20. The van der Waals surface area contributed by atoms with Crippen LogP contribution in [0.2, 0.25) is 0 Å². The molecular formula is C16H11F3N2OS2. The zero-order valence-corrected chi connectivity index (χ0v) is 14.0. The number of nitrogens with one attached hydrogen (secondary N) is 1. The highest BCUT2D eigenvalue weighted by Gasteiger charge is 2.34. The number of nitrogens with zero attached hydrogens (tertiary/aromatic N) is 1. The van der Waals surface area contributed by atoms with E-state index >= 15 is 0 Å². The molecule has 8 heteroatoms. The van der Waals surface area contributed by atoms with Gasteiger partial charge in [0.2, 0.25) is 0 Å². The fraction of sp³-hybridized carbons (Fsp3) is 0.125. The molecule has 0 radical (unpaired) electrons. The molecule has 2 aromatic carbocycles. The second-order valence-electron chi connectivity index (χ2n) is 4.86. The molecule has 0 aliphatic heterocycles. The van der Waals surface area contributed by atoms with Crippen molar-refractivity contribution in [2.24, 2.45) is 0 Å². The summed E-state index contributed by atoms with van der Waals surface area (Å²) in [6.07, 6.45) is -2.67. The van der Waals surface area contributed by atoms with Gasteiger partial charge in [0.15, 0.2) is 4.34 Å². The first kappa shape index (κ1) is 16.8. The highest BCUT2D eigenvalue weighted by atomic mass is 32.2. The van der Waals surface area contributed by atoms with Gasteiger partial charge in [-0.3, -0.25) is 4.79 Å². The molecule has 3 aromatic rings. The third-order valence-corrected chi connectivity index (χ3v) is 5.28. The first-order chi connectivity index (χ1) is 11.4. The number of amides is 1. The number of carbonyl (C=O) groups excluding carboxylic acids is 1. The van der Waals surface area contributed by atoms with E-state index in [1.807, 2.05) is 6.26 Å². The van der Waals surface area contributed by atoms with Gasteiger partial charge in [-0.1, -0.05) is 23.9 Å². The minimum atomic E-state index is -4.58. The molecule has 0 unspecified atom stereocenters. The van der Waals surface area contributed by atoms with Crippen LogP contribution in [0.15, 0.2) is 46.8 Å². The molecule has 1 aromatic heterocycles. The molecule has 0 bridgehead atoms. The number of fused-ring (bicyclic) bond motifs is 1. The average Bonchev–Trinajstić information content (AvgIpc) is 2.96. The molecule has 0 atom stereocenters. The summed E-state index contributed by atoms with van der Waals surface area (Å²) in [5, 5.41) is 2.52. The summed E-state index contributed by atoms with van der Waals surface area (Å²) < 4.78 is 40.8. The van der Waals surface area contributed by atoms with Crippen LogP contribution in [0.5, 0.6) is 0 Å². The molecule has 0 saturated carbocycles. The summed E-state index contributed by atoms with van der Waals surface area (Å²) in [4.78, 5) is 16.6. The molecule has 0 aliphatic rings. The van der Waals surface area contributed by atoms with Crippen LogP contribution < -0.4 is 5.32 Å². The Balaban J connectivity index is 1.90. The van der Waals surface area contributed by atoms with Crippen molar-refractivity contribution in [1.29, 1.82) is 0 Å². The van der Waals surface area contributed by atoms with Crippen LogP contribution in [0.25, 0.3) is 10.2 Å². The maximum Gasteiger partial charge on any atom is 0.417 e. The third kappa shape index (κ3) is 3.39. The Hall–Kier alpha value is -2.06. The highest BCUT2D eigenvalue weighted by molar-refractivity contribution is 8.00. The number of aromatic nitrogens is 1. The van der Waals surface area contributed by atoms with E-state index in [1.54, 1.807) is 18.2 Å². The van der Waals surface area contributed by atoms with Crippen LogP contribution in [0.1, 0.15) is 15.9 Å². The van der Waals surface area contributed by atoms with E-state index in [0.717, 1.165) is 26.7 Å². The van der Waals surface area contributed by atoms with Crippen LogP contribution in [0, 0.1) is 0 Å². The molecule has 3 nitrogen and oxygen atoms in total. The minimum Gasteiger partial charge on any atom is -0.322 e. The summed E-state index contributed by atoms with van der Waals surface area (Å²) in [6, 6.07) is 9.79. The van der Waals surface area contributed by atoms with E-state index in [-0.39, 0.29) is 0 Å². The van der Waals surface area contributed by atoms with Gasteiger partial charge in [-0.2, -0.15) is 13.2 Å². The number of halogens is 3. The lowest BCUT2D eigenvalue weighted by Crippen LogP contribution is -2.18. The number of thioether (sulfide) groups is 1. The van der Waals surface area contributed by atoms with Crippen molar-refractivity contribution in [3.8, 4) is 0 Å². The summed E-state index contributed by atoms with van der Waals surface area (Å²) in [6.45, 7) is 0. The summed E-state index contributed by atoms with van der Waals surface area (Å²) in [5.41, 5.74) is -0.135. The van der Waals surface area contributed by atoms with Gasteiger partial charge in [0.1, 0.15) is 0 Å². The van der Waals surface area contributed by atoms with E-state index in [2.05, 4.69) is 10.3 Å². The molecule has 24 heavy (non-hydrogen) atoms. The Morgan fingerprint density at radius 3 is 2.67 bits per heavy atom. The van der Waals surface area contributed by atoms with E-state index in [9.17, 15) is 18.0 Å². The SMILES string of the molecule is CSc1nc2ccc(NC(=O)c3ccccc3C(F)(F)F)cc2s1. The molecule has 1 amide bonds. The lowest BCUT2D eigenvalue weighted by molar-refractivity contribution is -0.137. The maximum absolute atomic E-state index is 13.0. The summed E-state index contributed by atoms with van der Waals surface area (Å²) >= 11 is 2.97. The Morgan fingerprint density at radius 2 is 1.96 bits per heavy atom. The van der Waals surface area contributed by atoms with E-state index in [0.29, 0.717) is 5.69 Å². The first-order valence-electron chi connectivity index (χ1n) is 6.80. The zero-order chi connectivity index (χ0) is 17.3. The van der Waals surface area contributed by atoms with Crippen molar-refractivity contribution in [1.82, 2.24) is 4.98 Å². The van der Waals surface area contributed by atoms with Crippen LogP contribution in [0.4, 0.5) is 18.9 Å². The number of anilines is 1. The number of alkyl halides is 3. The monoisotopic (exact) mass is 368 g/mol. The van der Waals surface area contributed by atoms with Gasteiger partial charge in [-0.25, -0.2) is 4.98 Å². The number of hydrogen-bond acceptors (Lipinski definition) is 4. The van der Waals surface area contributed by atoms with Crippen molar-refractivity contribution in [2.45, 2.75) is 10.5 Å². The van der Waals surface area contributed by atoms with Crippen molar-refractivity contribution in [3.05, 3.63) is 53.6 Å². The van der Waals surface area contributed by atoms with Gasteiger partial charge < -0.3 is 5.32 Å². The van der Waals surface area contributed by atoms with Crippen LogP contribution in [0.3, 0.4) is 0 Å². The summed E-state index contributed by atoms with van der Waals surface area (Å²) in [5.74, 6) is -0.795. The van der Waals surface area contributed by atoms with Crippen molar-refractivity contribution in [2.75, 3.05) is 11.6 Å². The molecule has 124 valence electrons. The first-order valence-corrected chi connectivity index (χ1v) is 8.85. The van der Waals surface area contributed by atoms with Gasteiger partial charge in [-0.15, -0.1) is 11.3 Å². The lowest BCUT2D eigenvalue weighted by Gasteiger charge is -2.12. The molecule has 1 heterocycles. The van der Waals surface area contributed by atoms with Gasteiger partial charge in [-0.05, 0) is 36.6 Å². The Kier molecular flexibility index (Phi) is 4.51. The standard InChI is InChI=1S/C16H11F3N2OS2/c1-23-15-21-12-7-6-9(8-13(12)24-15)20-14(22)10-4-2-3-5-11(10)16(17,18)19/h2-8H,1H3,(H,20,22). The highest BCUT2D eigenvalue weighted by Crippen LogP contribution is 2.33. The van der Waals surface area contributed by atoms with Gasteiger partial charge >= 0.3 is 6.18 Å². The normalized spacial score (nSPS) is 11.7. The Bertz CT molecular complexity index is 906. The topological polar surface area (TPSA) is 42.0 Å². The van der Waals surface area contributed by atoms with Gasteiger partial charge in [0, 0.05) is 5.69 Å². The number of carbonyl (C=O) groups is 1. The second-order valence-corrected chi connectivity index (χ2v) is 6.95. The number of rotatable bonds is 3. The second kappa shape index (κ2) is 6.45. The predicted molar refractivity (Wildman–Crippen MR) is 90.8 cm³/mol. The van der Waals surface area contributed by atoms with Gasteiger partial charge in [0.25, 0.3) is 5.91 Å². The summed E-state index contributed by atoms with van der Waals surface area (Å²) in [7, 11) is 0. The Labute approximate surface area is 143 Å². The van der Waals surface area contributed by atoms with Crippen molar-refractivity contribution < 1.29 is 18.0 Å². The van der Waals surface area contributed by atoms with Crippen LogP contribution >= 0.6 is 23.1 Å². The van der Waals surface area contributed by atoms with E-state index < -0.39 is 23.2 Å². The molecule has 0 fully saturated rings. The zero-order valence-electron chi connectivity index (χ0n) is 12.3. The number of benzene rings is 2. The molecule has 0 saturated heterocycles. The van der Waals surface area contributed by atoms with Gasteiger partial charge in [0.05, 0.1) is 21.3 Å². The third-order valence-electron chi connectivity index (χ3n) is 3.28. The molecular weight excluding hydrogens is 357 g/mol.